The zero-order valence-corrected chi connectivity index (χ0v) is 8.93. The number of nitro groups is 1. The molecule has 1 aromatic carbocycles. The van der Waals surface area contributed by atoms with Gasteiger partial charge in [-0.25, -0.2) is 0 Å². The van der Waals surface area contributed by atoms with Crippen LogP contribution >= 0.6 is 0 Å². The quantitative estimate of drug-likeness (QED) is 0.460. The third kappa shape index (κ3) is 1.95. The molecule has 6 nitrogen and oxygen atoms in total. The van der Waals surface area contributed by atoms with Crippen LogP contribution in [0, 0.1) is 10.1 Å². The van der Waals surface area contributed by atoms with Crippen LogP contribution in [-0.4, -0.2) is 16.0 Å². The Morgan fingerprint density at radius 2 is 2.06 bits per heavy atom. The molecule has 0 aliphatic rings. The van der Waals surface area contributed by atoms with E-state index in [4.69, 9.17) is 10.8 Å². The summed E-state index contributed by atoms with van der Waals surface area (Å²) in [4.78, 5) is 21.0. The maximum absolute atomic E-state index is 11.0. The minimum Gasteiger partial charge on any atom is -0.481 e. The van der Waals surface area contributed by atoms with Gasteiger partial charge in [-0.3, -0.25) is 14.9 Å². The van der Waals surface area contributed by atoms with E-state index in [1.807, 2.05) is 0 Å². The predicted octanol–water partition coefficient (Wildman–Crippen LogP) is 1.54. The number of aliphatic carboxylic acids is 1. The molecule has 0 heterocycles. The molecular weight excluding hydrogens is 212 g/mol. The summed E-state index contributed by atoms with van der Waals surface area (Å²) in [5, 5.41) is 19.6. The molecule has 0 atom stereocenters. The van der Waals surface area contributed by atoms with Crippen molar-refractivity contribution in [2.75, 3.05) is 5.73 Å². The lowest BCUT2D eigenvalue weighted by molar-refractivity contribution is -0.384. The number of benzene rings is 1. The van der Waals surface area contributed by atoms with Gasteiger partial charge in [0.05, 0.1) is 10.3 Å². The maximum Gasteiger partial charge on any atom is 0.313 e. The van der Waals surface area contributed by atoms with Crippen molar-refractivity contribution in [1.29, 1.82) is 0 Å². The molecule has 0 fully saturated rings. The number of carboxylic acid groups (broad SMARTS) is 1. The molecular formula is C10H12N2O4. The molecule has 16 heavy (non-hydrogen) atoms. The number of carboxylic acids is 1. The molecule has 0 spiro atoms. The Labute approximate surface area is 91.8 Å². The molecule has 1 aromatic rings. The average molecular weight is 224 g/mol. The molecule has 3 N–H and O–H groups in total. The van der Waals surface area contributed by atoms with Crippen LogP contribution in [0.1, 0.15) is 19.4 Å². The van der Waals surface area contributed by atoms with Crippen molar-refractivity contribution < 1.29 is 14.8 Å². The number of nitrogens with two attached hydrogens (primary N) is 1. The summed E-state index contributed by atoms with van der Waals surface area (Å²) in [5.41, 5.74) is 4.68. The molecule has 1 rings (SSSR count). The van der Waals surface area contributed by atoms with E-state index < -0.39 is 16.3 Å². The van der Waals surface area contributed by atoms with Crippen LogP contribution in [0.2, 0.25) is 0 Å². The number of hydrogen-bond acceptors (Lipinski definition) is 4. The first kappa shape index (κ1) is 12.0. The van der Waals surface area contributed by atoms with Crippen LogP contribution in [0.15, 0.2) is 18.2 Å². The summed E-state index contributed by atoms with van der Waals surface area (Å²) in [6.45, 7) is 2.90. The second kappa shape index (κ2) is 3.80. The van der Waals surface area contributed by atoms with E-state index in [9.17, 15) is 14.9 Å². The van der Waals surface area contributed by atoms with Gasteiger partial charge in [0.2, 0.25) is 0 Å². The minimum absolute atomic E-state index is 0.168. The third-order valence-corrected chi connectivity index (χ3v) is 2.46. The van der Waals surface area contributed by atoms with Gasteiger partial charge in [0, 0.05) is 17.8 Å². The lowest BCUT2D eigenvalue weighted by atomic mass is 9.83. The van der Waals surface area contributed by atoms with Crippen molar-refractivity contribution in [2.45, 2.75) is 19.3 Å². The van der Waals surface area contributed by atoms with E-state index in [0.717, 1.165) is 0 Å². The molecule has 0 aliphatic carbocycles. The summed E-state index contributed by atoms with van der Waals surface area (Å²) in [6.07, 6.45) is 0. The molecule has 0 aromatic heterocycles. The van der Waals surface area contributed by atoms with E-state index in [1.165, 1.54) is 32.0 Å². The normalized spacial score (nSPS) is 11.1. The van der Waals surface area contributed by atoms with Crippen LogP contribution in [0.4, 0.5) is 11.4 Å². The van der Waals surface area contributed by atoms with Gasteiger partial charge in [-0.15, -0.1) is 0 Å². The molecule has 86 valence electrons. The number of non-ortho nitro benzene ring substituents is 1. The fourth-order valence-electron chi connectivity index (χ4n) is 1.31. The zero-order valence-electron chi connectivity index (χ0n) is 8.93. The van der Waals surface area contributed by atoms with E-state index in [2.05, 4.69) is 0 Å². The van der Waals surface area contributed by atoms with Crippen LogP contribution in [0.25, 0.3) is 0 Å². The third-order valence-electron chi connectivity index (χ3n) is 2.46. The first-order valence-electron chi connectivity index (χ1n) is 4.54. The first-order valence-corrected chi connectivity index (χ1v) is 4.54. The Bertz CT molecular complexity index is 454. The smallest absolute Gasteiger partial charge is 0.313 e. The summed E-state index contributed by atoms with van der Waals surface area (Å²) in [6, 6.07) is 3.79. The molecule has 0 amide bonds. The Hall–Kier alpha value is -2.11. The van der Waals surface area contributed by atoms with E-state index in [1.54, 1.807) is 0 Å². The molecule has 6 heteroatoms. The van der Waals surface area contributed by atoms with Gasteiger partial charge in [0.1, 0.15) is 0 Å². The minimum atomic E-state index is -1.25. The van der Waals surface area contributed by atoms with Gasteiger partial charge >= 0.3 is 5.97 Å². The predicted molar refractivity (Wildman–Crippen MR) is 58.2 cm³/mol. The van der Waals surface area contributed by atoms with Crippen LogP contribution in [-0.2, 0) is 10.2 Å². The highest BCUT2D eigenvalue weighted by molar-refractivity contribution is 5.83. The van der Waals surface area contributed by atoms with Gasteiger partial charge in [0.15, 0.2) is 0 Å². The summed E-state index contributed by atoms with van der Waals surface area (Å²) in [7, 11) is 0. The number of anilines is 1. The monoisotopic (exact) mass is 224 g/mol. The topological polar surface area (TPSA) is 106 Å². The SMILES string of the molecule is CC(C)(C(=O)O)c1cc([N+](=O)[O-])ccc1N. The van der Waals surface area contributed by atoms with Crippen LogP contribution < -0.4 is 5.73 Å². The largest absolute Gasteiger partial charge is 0.481 e. The number of nitro benzene ring substituents is 1. The maximum atomic E-state index is 11.0. The van der Waals surface area contributed by atoms with Crippen molar-refractivity contribution in [3.63, 3.8) is 0 Å². The Kier molecular flexibility index (Phi) is 2.84. The van der Waals surface area contributed by atoms with Gasteiger partial charge in [-0.05, 0) is 25.5 Å². The van der Waals surface area contributed by atoms with Crippen molar-refractivity contribution in [3.8, 4) is 0 Å². The number of rotatable bonds is 3. The second-order valence-electron chi connectivity index (χ2n) is 3.96. The van der Waals surface area contributed by atoms with Crippen molar-refractivity contribution in [1.82, 2.24) is 0 Å². The van der Waals surface area contributed by atoms with E-state index in [0.29, 0.717) is 0 Å². The van der Waals surface area contributed by atoms with E-state index in [-0.39, 0.29) is 16.9 Å². The van der Waals surface area contributed by atoms with Gasteiger partial charge in [0.25, 0.3) is 5.69 Å². The highest BCUT2D eigenvalue weighted by Gasteiger charge is 2.32. The highest BCUT2D eigenvalue weighted by atomic mass is 16.6. The molecule has 0 radical (unpaired) electrons. The Morgan fingerprint density at radius 3 is 2.50 bits per heavy atom. The van der Waals surface area contributed by atoms with Crippen molar-refractivity contribution in [2.24, 2.45) is 0 Å². The van der Waals surface area contributed by atoms with Crippen molar-refractivity contribution >= 4 is 17.3 Å². The summed E-state index contributed by atoms with van der Waals surface area (Å²) < 4.78 is 0. The van der Waals surface area contributed by atoms with Crippen molar-refractivity contribution in [3.05, 3.63) is 33.9 Å². The Balaban J connectivity index is 3.38. The fourth-order valence-corrected chi connectivity index (χ4v) is 1.31. The number of nitrogens with zero attached hydrogens (tertiary/aromatic N) is 1. The van der Waals surface area contributed by atoms with Crippen LogP contribution in [0.5, 0.6) is 0 Å². The zero-order chi connectivity index (χ0) is 12.5. The highest BCUT2D eigenvalue weighted by Crippen LogP contribution is 2.31. The standard InChI is InChI=1S/C10H12N2O4/c1-10(2,9(13)14)7-5-6(12(15)16)3-4-8(7)11/h3-5H,11H2,1-2H3,(H,13,14). The van der Waals surface area contributed by atoms with E-state index >= 15 is 0 Å². The lowest BCUT2D eigenvalue weighted by Crippen LogP contribution is -2.29. The Morgan fingerprint density at radius 1 is 1.50 bits per heavy atom. The van der Waals surface area contributed by atoms with Crippen LogP contribution in [0.3, 0.4) is 0 Å². The summed E-state index contributed by atoms with van der Waals surface area (Å²) >= 11 is 0. The summed E-state index contributed by atoms with van der Waals surface area (Å²) in [5.74, 6) is -1.08. The molecule has 0 saturated heterocycles. The fraction of sp³-hybridized carbons (Fsp3) is 0.300. The molecule has 0 unspecified atom stereocenters. The molecule has 0 bridgehead atoms. The molecule has 0 aliphatic heterocycles. The first-order chi connectivity index (χ1) is 7.26. The number of carbonyl (C=O) groups is 1. The number of nitrogen functional groups attached to an aromatic ring is 1. The van der Waals surface area contributed by atoms with Gasteiger partial charge in [-0.2, -0.15) is 0 Å². The second-order valence-corrected chi connectivity index (χ2v) is 3.96. The lowest BCUT2D eigenvalue weighted by Gasteiger charge is -2.21. The number of hydrogen-bond donors (Lipinski definition) is 2. The van der Waals surface area contributed by atoms with Gasteiger partial charge in [-0.1, -0.05) is 0 Å². The van der Waals surface area contributed by atoms with Gasteiger partial charge < -0.3 is 10.8 Å². The molecule has 0 saturated carbocycles. The average Bonchev–Trinajstić information content (AvgIpc) is 2.17.